The molecule has 3 N–H and O–H groups in total. The summed E-state index contributed by atoms with van der Waals surface area (Å²) in [6.45, 7) is 8.03. The Kier molecular flexibility index (Phi) is 13.0. The highest BCUT2D eigenvalue weighted by atomic mass is 32.2. The van der Waals surface area contributed by atoms with Gasteiger partial charge in [0.25, 0.3) is 0 Å². The summed E-state index contributed by atoms with van der Waals surface area (Å²) in [5, 5.41) is 5.79. The van der Waals surface area contributed by atoms with Crippen molar-refractivity contribution >= 4 is 29.5 Å². The normalized spacial score (nSPS) is 15.0. The van der Waals surface area contributed by atoms with Gasteiger partial charge in [-0.2, -0.15) is 11.8 Å². The number of carbonyl (C=O) groups excluding carboxylic acids is 3. The molecule has 10 heteroatoms. The van der Waals surface area contributed by atoms with Gasteiger partial charge in [-0.05, 0) is 30.3 Å². The smallest absolute Gasteiger partial charge is 0.328 e. The summed E-state index contributed by atoms with van der Waals surface area (Å²) >= 11 is 1.59. The van der Waals surface area contributed by atoms with Crippen molar-refractivity contribution in [2.24, 2.45) is 11.8 Å². The van der Waals surface area contributed by atoms with Crippen LogP contribution in [0.1, 0.15) is 46.2 Å². The molecule has 0 aromatic carbocycles. The van der Waals surface area contributed by atoms with E-state index in [1.807, 2.05) is 34.0 Å². The summed E-state index contributed by atoms with van der Waals surface area (Å²) in [4.78, 5) is 44.3. The van der Waals surface area contributed by atoms with Crippen LogP contribution in [-0.4, -0.2) is 71.7 Å². The van der Waals surface area contributed by atoms with Crippen molar-refractivity contribution in [3.05, 3.63) is 18.2 Å². The molecule has 0 aliphatic rings. The molecule has 0 radical (unpaired) electrons. The van der Waals surface area contributed by atoms with Gasteiger partial charge < -0.3 is 25.1 Å². The van der Waals surface area contributed by atoms with Crippen molar-refractivity contribution in [3.63, 3.8) is 0 Å². The van der Waals surface area contributed by atoms with Crippen LogP contribution in [0.25, 0.3) is 0 Å². The molecule has 1 rings (SSSR count). The zero-order valence-corrected chi connectivity index (χ0v) is 20.8. The summed E-state index contributed by atoms with van der Waals surface area (Å²) in [5.74, 6) is -0.225. The molecule has 9 nitrogen and oxygen atoms in total. The van der Waals surface area contributed by atoms with Gasteiger partial charge in [0.05, 0.1) is 32.5 Å². The second kappa shape index (κ2) is 14.9. The molecule has 0 bridgehead atoms. The Morgan fingerprint density at radius 3 is 2.47 bits per heavy atom. The van der Waals surface area contributed by atoms with Crippen LogP contribution in [0.5, 0.6) is 0 Å². The van der Waals surface area contributed by atoms with E-state index in [0.717, 1.165) is 12.1 Å². The summed E-state index contributed by atoms with van der Waals surface area (Å²) in [7, 11) is 1.31. The lowest BCUT2D eigenvalue weighted by Crippen LogP contribution is -2.50. The highest BCUT2D eigenvalue weighted by Crippen LogP contribution is 2.14. The fourth-order valence-electron chi connectivity index (χ4n) is 3.10. The minimum absolute atomic E-state index is 0.118. The van der Waals surface area contributed by atoms with E-state index in [1.54, 1.807) is 18.0 Å². The summed E-state index contributed by atoms with van der Waals surface area (Å²) < 4.78 is 10.8. The Morgan fingerprint density at radius 2 is 1.94 bits per heavy atom. The Morgan fingerprint density at radius 1 is 1.22 bits per heavy atom. The van der Waals surface area contributed by atoms with E-state index >= 15 is 0 Å². The SMILES string of the molecule is CCC(C)C(COC(C(=O)NC(CCSC)C(=O)OC)C(C)C)NC(=O)Cc1cnc[nH]1. The lowest BCUT2D eigenvalue weighted by Gasteiger charge is -2.29. The maximum Gasteiger partial charge on any atom is 0.328 e. The van der Waals surface area contributed by atoms with E-state index in [9.17, 15) is 14.4 Å². The number of ether oxygens (including phenoxy) is 2. The van der Waals surface area contributed by atoms with Crippen LogP contribution >= 0.6 is 11.8 Å². The maximum absolute atomic E-state index is 12.9. The van der Waals surface area contributed by atoms with Gasteiger partial charge in [0, 0.05) is 11.9 Å². The number of rotatable bonds is 15. The fraction of sp³-hybridized carbons (Fsp3) is 0.727. The molecule has 182 valence electrons. The number of H-pyrrole nitrogens is 1. The maximum atomic E-state index is 12.9. The number of amides is 2. The number of aromatic amines is 1. The molecule has 4 atom stereocenters. The molecule has 0 fully saturated rings. The van der Waals surface area contributed by atoms with Crippen LogP contribution in [0.3, 0.4) is 0 Å². The first-order valence-corrected chi connectivity index (χ1v) is 12.4. The first-order chi connectivity index (χ1) is 15.2. The molecule has 0 spiro atoms. The van der Waals surface area contributed by atoms with Crippen LogP contribution in [0.4, 0.5) is 0 Å². The van der Waals surface area contributed by atoms with Crippen LogP contribution in [0, 0.1) is 11.8 Å². The average Bonchev–Trinajstić information content (AvgIpc) is 3.27. The predicted molar refractivity (Wildman–Crippen MR) is 125 cm³/mol. The lowest BCUT2D eigenvalue weighted by atomic mass is 9.99. The van der Waals surface area contributed by atoms with E-state index in [4.69, 9.17) is 9.47 Å². The largest absolute Gasteiger partial charge is 0.467 e. The monoisotopic (exact) mass is 470 g/mol. The topological polar surface area (TPSA) is 122 Å². The molecule has 0 aliphatic carbocycles. The molecule has 2 amide bonds. The van der Waals surface area contributed by atoms with Crippen LogP contribution in [0.2, 0.25) is 0 Å². The second-order valence-corrected chi connectivity index (χ2v) is 9.16. The van der Waals surface area contributed by atoms with E-state index in [-0.39, 0.29) is 42.7 Å². The standard InChI is InChI=1S/C22H38N4O5S/c1-7-15(4)18(25-19(27)10-16-11-23-13-24-16)12-31-20(14(2)3)21(28)26-17(8-9-32-6)22(29)30-5/h11,13-15,17-18,20H,7-10,12H2,1-6H3,(H,23,24)(H,25,27)(H,26,28). The summed E-state index contributed by atoms with van der Waals surface area (Å²) in [6.07, 6.45) is 5.84. The Hall–Kier alpha value is -2.07. The van der Waals surface area contributed by atoms with Gasteiger partial charge in [-0.1, -0.05) is 34.1 Å². The van der Waals surface area contributed by atoms with Crippen molar-refractivity contribution in [1.29, 1.82) is 0 Å². The first-order valence-electron chi connectivity index (χ1n) is 11.0. The Labute approximate surface area is 195 Å². The number of hydrogen-bond acceptors (Lipinski definition) is 7. The molecular formula is C22H38N4O5S. The zero-order chi connectivity index (χ0) is 24.1. The van der Waals surface area contributed by atoms with Crippen molar-refractivity contribution in [2.45, 2.75) is 65.1 Å². The van der Waals surface area contributed by atoms with Gasteiger partial charge in [-0.15, -0.1) is 0 Å². The molecule has 0 aliphatic heterocycles. The third-order valence-corrected chi connectivity index (χ3v) is 5.96. The van der Waals surface area contributed by atoms with Gasteiger partial charge in [-0.25, -0.2) is 9.78 Å². The number of carbonyl (C=O) groups is 3. The Bertz CT molecular complexity index is 699. The minimum atomic E-state index is -0.757. The number of nitrogens with one attached hydrogen (secondary N) is 3. The van der Waals surface area contributed by atoms with Crippen LogP contribution in [-0.2, 0) is 30.3 Å². The van der Waals surface area contributed by atoms with Crippen molar-refractivity contribution in [2.75, 3.05) is 25.7 Å². The third kappa shape index (κ3) is 9.60. The van der Waals surface area contributed by atoms with Gasteiger partial charge in [0.15, 0.2) is 0 Å². The molecule has 1 aromatic heterocycles. The number of nitrogens with zero attached hydrogens (tertiary/aromatic N) is 1. The number of methoxy groups -OCH3 is 1. The highest BCUT2D eigenvalue weighted by molar-refractivity contribution is 7.98. The van der Waals surface area contributed by atoms with E-state index < -0.39 is 18.1 Å². The van der Waals surface area contributed by atoms with E-state index in [2.05, 4.69) is 20.6 Å². The van der Waals surface area contributed by atoms with Gasteiger partial charge in [-0.3, -0.25) is 9.59 Å². The number of hydrogen-bond donors (Lipinski definition) is 3. The van der Waals surface area contributed by atoms with Gasteiger partial charge in [0.2, 0.25) is 11.8 Å². The van der Waals surface area contributed by atoms with Gasteiger partial charge >= 0.3 is 5.97 Å². The zero-order valence-electron chi connectivity index (χ0n) is 20.0. The summed E-state index contributed by atoms with van der Waals surface area (Å²) in [5.41, 5.74) is 0.727. The predicted octanol–water partition coefficient (Wildman–Crippen LogP) is 1.94. The van der Waals surface area contributed by atoms with Crippen molar-refractivity contribution < 1.29 is 23.9 Å². The lowest BCUT2D eigenvalue weighted by molar-refractivity contribution is -0.148. The Balaban J connectivity index is 2.78. The number of aromatic nitrogens is 2. The minimum Gasteiger partial charge on any atom is -0.467 e. The average molecular weight is 471 g/mol. The fourth-order valence-corrected chi connectivity index (χ4v) is 3.58. The first kappa shape index (κ1) is 28.0. The molecule has 4 unspecified atom stereocenters. The van der Waals surface area contributed by atoms with E-state index in [0.29, 0.717) is 12.2 Å². The van der Waals surface area contributed by atoms with Crippen molar-refractivity contribution in [3.8, 4) is 0 Å². The highest BCUT2D eigenvalue weighted by Gasteiger charge is 2.30. The van der Waals surface area contributed by atoms with Crippen LogP contribution < -0.4 is 10.6 Å². The second-order valence-electron chi connectivity index (χ2n) is 8.18. The molecule has 0 saturated heterocycles. The molecule has 32 heavy (non-hydrogen) atoms. The van der Waals surface area contributed by atoms with E-state index in [1.165, 1.54) is 13.4 Å². The quantitative estimate of drug-likeness (QED) is 0.335. The third-order valence-electron chi connectivity index (χ3n) is 5.32. The van der Waals surface area contributed by atoms with Gasteiger partial charge in [0.1, 0.15) is 12.1 Å². The molecule has 1 heterocycles. The number of esters is 1. The van der Waals surface area contributed by atoms with Crippen molar-refractivity contribution in [1.82, 2.24) is 20.6 Å². The molecule has 1 aromatic rings. The summed E-state index contributed by atoms with van der Waals surface area (Å²) in [6, 6.07) is -0.971. The molecular weight excluding hydrogens is 432 g/mol. The number of thioether (sulfide) groups is 1. The molecule has 0 saturated carbocycles. The van der Waals surface area contributed by atoms with Crippen LogP contribution in [0.15, 0.2) is 12.5 Å². The number of imidazole rings is 1.